The van der Waals surface area contributed by atoms with Gasteiger partial charge in [-0.1, -0.05) is 0 Å². The predicted octanol–water partition coefficient (Wildman–Crippen LogP) is 1.03. The van der Waals surface area contributed by atoms with Crippen LogP contribution in [0.5, 0.6) is 0 Å². The number of ketones is 1. The van der Waals surface area contributed by atoms with Crippen molar-refractivity contribution in [1.29, 1.82) is 5.26 Å². The van der Waals surface area contributed by atoms with Crippen molar-refractivity contribution in [2.24, 2.45) is 0 Å². The van der Waals surface area contributed by atoms with Crippen LogP contribution in [0.1, 0.15) is 32.1 Å². The van der Waals surface area contributed by atoms with Crippen LogP contribution >= 0.6 is 0 Å². The summed E-state index contributed by atoms with van der Waals surface area (Å²) >= 11 is 0. The minimum absolute atomic E-state index is 0.118. The van der Waals surface area contributed by atoms with Crippen molar-refractivity contribution in [3.8, 4) is 6.07 Å². The van der Waals surface area contributed by atoms with Crippen LogP contribution in [0.4, 0.5) is 14.6 Å². The van der Waals surface area contributed by atoms with Gasteiger partial charge >= 0.3 is 0 Å². The maximum Gasteiger partial charge on any atom is 0.282 e. The number of fused-ring (bicyclic) bond motifs is 1. The Labute approximate surface area is 207 Å². The summed E-state index contributed by atoms with van der Waals surface area (Å²) in [7, 11) is -2.74. The van der Waals surface area contributed by atoms with Gasteiger partial charge in [-0.15, -0.1) is 0 Å². The molecule has 2 aliphatic heterocycles. The van der Waals surface area contributed by atoms with E-state index in [0.717, 1.165) is 15.5 Å². The maximum absolute atomic E-state index is 14.2. The van der Waals surface area contributed by atoms with Gasteiger partial charge in [0, 0.05) is 58.7 Å². The molecule has 0 bridgehead atoms. The summed E-state index contributed by atoms with van der Waals surface area (Å²) in [6, 6.07) is 3.73. The molecule has 2 aromatic rings. The van der Waals surface area contributed by atoms with Crippen molar-refractivity contribution in [1.82, 2.24) is 28.9 Å². The molecule has 11 nitrogen and oxygen atoms in total. The fourth-order valence-electron chi connectivity index (χ4n) is 5.47. The summed E-state index contributed by atoms with van der Waals surface area (Å²) in [5.74, 6) is -2.98. The molecule has 1 atom stereocenters. The monoisotopic (exact) mass is 522 g/mol. The Morgan fingerprint density at radius 3 is 2.75 bits per heavy atom. The van der Waals surface area contributed by atoms with E-state index in [1.165, 1.54) is 17.7 Å². The van der Waals surface area contributed by atoms with Gasteiger partial charge < -0.3 is 9.88 Å². The van der Waals surface area contributed by atoms with Crippen LogP contribution in [0.3, 0.4) is 0 Å². The highest BCUT2D eigenvalue weighted by Gasteiger charge is 2.59. The van der Waals surface area contributed by atoms with Crippen molar-refractivity contribution in [2.45, 2.75) is 49.1 Å². The molecule has 0 unspecified atom stereocenters. The third-order valence-corrected chi connectivity index (χ3v) is 9.50. The zero-order valence-electron chi connectivity index (χ0n) is 19.9. The van der Waals surface area contributed by atoms with Crippen molar-refractivity contribution in [3.05, 3.63) is 18.6 Å². The number of anilines is 1. The third kappa shape index (κ3) is 4.23. The van der Waals surface area contributed by atoms with E-state index in [-0.39, 0.29) is 19.4 Å². The lowest BCUT2D eigenvalue weighted by atomic mass is 9.88. The molecule has 194 valence electrons. The van der Waals surface area contributed by atoms with E-state index in [1.807, 2.05) is 12.1 Å². The predicted molar refractivity (Wildman–Crippen MR) is 126 cm³/mol. The lowest BCUT2D eigenvalue weighted by molar-refractivity contribution is -0.126. The molecule has 3 fully saturated rings. The molecule has 0 radical (unpaired) electrons. The lowest BCUT2D eigenvalue weighted by Crippen LogP contribution is -2.62. The first-order valence-electron chi connectivity index (χ1n) is 11.8. The van der Waals surface area contributed by atoms with Gasteiger partial charge in [-0.05, 0) is 18.9 Å². The highest BCUT2D eigenvalue weighted by molar-refractivity contribution is 7.86. The molecule has 1 saturated carbocycles. The number of hydrogen-bond donors (Lipinski definition) is 2. The number of alkyl halides is 2. The topological polar surface area (TPSA) is 138 Å². The minimum atomic E-state index is -4.06. The second-order valence-electron chi connectivity index (χ2n) is 9.97. The Bertz CT molecular complexity index is 1320. The fourth-order valence-corrected chi connectivity index (χ4v) is 7.23. The first-order chi connectivity index (χ1) is 17.0. The highest BCUT2D eigenvalue weighted by atomic mass is 32.2. The number of aromatic amines is 1. The molecule has 4 heterocycles. The molecular formula is C22H28F2N8O3S. The number of carbonyl (C=O) groups is 1. The Hall–Kier alpha value is -2.73. The van der Waals surface area contributed by atoms with Gasteiger partial charge in [-0.25, -0.2) is 18.7 Å². The number of nitrogens with one attached hydrogen (secondary N) is 2. The number of rotatable bonds is 8. The number of hydrogen-bond acceptors (Lipinski definition) is 8. The van der Waals surface area contributed by atoms with E-state index in [2.05, 4.69) is 25.2 Å². The summed E-state index contributed by atoms with van der Waals surface area (Å²) in [5.41, 5.74) is -1.65. The van der Waals surface area contributed by atoms with Gasteiger partial charge in [0.2, 0.25) is 0 Å². The zero-order valence-corrected chi connectivity index (χ0v) is 20.7. The van der Waals surface area contributed by atoms with Crippen LogP contribution in [0.25, 0.3) is 11.0 Å². The number of likely N-dealkylation sites (N-methyl/N-ethyl adjacent to an activating group) is 1. The molecule has 3 aliphatic rings. The SMILES string of the molecule is CN(C[C@]1(C(=O)CCC#N)CC(F)(F)CN1)S(=O)(=O)N1CCN(c2ncnc3[nH]ccc23)CC12CC2. The summed E-state index contributed by atoms with van der Waals surface area (Å²) in [4.78, 5) is 26.6. The number of carbonyl (C=O) groups excluding carboxylic acids is 1. The van der Waals surface area contributed by atoms with Crippen molar-refractivity contribution >= 4 is 32.8 Å². The Morgan fingerprint density at radius 1 is 1.31 bits per heavy atom. The maximum atomic E-state index is 14.2. The molecule has 0 aromatic carbocycles. The summed E-state index contributed by atoms with van der Waals surface area (Å²) in [5, 5.41) is 12.3. The molecule has 14 heteroatoms. The van der Waals surface area contributed by atoms with Crippen LogP contribution in [0.15, 0.2) is 18.6 Å². The highest BCUT2D eigenvalue weighted by Crippen LogP contribution is 2.47. The van der Waals surface area contributed by atoms with Gasteiger partial charge in [0.1, 0.15) is 17.8 Å². The van der Waals surface area contributed by atoms with Crippen molar-refractivity contribution in [3.63, 3.8) is 0 Å². The number of H-pyrrole nitrogens is 1. The van der Waals surface area contributed by atoms with E-state index in [0.29, 0.717) is 31.6 Å². The van der Waals surface area contributed by atoms with Crippen LogP contribution in [-0.4, -0.2) is 94.5 Å². The van der Waals surface area contributed by atoms with Gasteiger partial charge in [-0.3, -0.25) is 10.1 Å². The average Bonchev–Trinajstić information content (AvgIpc) is 3.27. The Balaban J connectivity index is 1.36. The molecule has 2 saturated heterocycles. The summed E-state index contributed by atoms with van der Waals surface area (Å²) in [6.45, 7) is -0.105. The number of nitriles is 1. The Morgan fingerprint density at radius 2 is 2.08 bits per heavy atom. The number of aromatic nitrogens is 3. The molecule has 0 amide bonds. The third-order valence-electron chi connectivity index (χ3n) is 7.46. The number of Topliss-reactive ketones (excluding diaryl/α,β-unsaturated/α-hetero) is 1. The Kier molecular flexibility index (Phi) is 6.02. The zero-order chi connectivity index (χ0) is 25.8. The van der Waals surface area contributed by atoms with Crippen LogP contribution in [0, 0.1) is 11.3 Å². The lowest BCUT2D eigenvalue weighted by Gasteiger charge is -2.44. The number of halogens is 2. The van der Waals surface area contributed by atoms with Gasteiger partial charge in [0.05, 0.1) is 29.1 Å². The molecule has 1 aliphatic carbocycles. The van der Waals surface area contributed by atoms with Crippen molar-refractivity contribution < 1.29 is 22.0 Å². The molecule has 36 heavy (non-hydrogen) atoms. The van der Waals surface area contributed by atoms with Crippen molar-refractivity contribution in [2.75, 3.05) is 44.7 Å². The van der Waals surface area contributed by atoms with E-state index < -0.39 is 52.5 Å². The quantitative estimate of drug-likeness (QED) is 0.524. The normalized spacial score (nSPS) is 25.5. The standard InChI is InChI=1S/C22H28F2N8O3S/c1-30(14-21(17(33)3-2-7-25)11-22(23,24)12-29-21)36(34,35)32-10-9-31(13-20(32)5-6-20)19-16-4-8-26-18(16)27-15-28-19/h4,8,15,29H,2-3,5-6,9-14H2,1H3,(H,26,27,28)/t21-/m0/s1. The molecule has 5 rings (SSSR count). The van der Waals surface area contributed by atoms with Crippen LogP contribution in [0.2, 0.25) is 0 Å². The smallest absolute Gasteiger partial charge is 0.282 e. The molecule has 1 spiro atoms. The fraction of sp³-hybridized carbons (Fsp3) is 0.636. The average molecular weight is 523 g/mol. The number of piperazine rings is 1. The summed E-state index contributed by atoms with van der Waals surface area (Å²) < 4.78 is 58.2. The van der Waals surface area contributed by atoms with Crippen LogP contribution < -0.4 is 10.2 Å². The van der Waals surface area contributed by atoms with Crippen LogP contribution in [-0.2, 0) is 15.0 Å². The molecule has 2 aromatic heterocycles. The van der Waals surface area contributed by atoms with Gasteiger partial charge in [0.15, 0.2) is 5.78 Å². The number of nitrogens with zero attached hydrogens (tertiary/aromatic N) is 6. The van der Waals surface area contributed by atoms with Gasteiger partial charge in [-0.2, -0.15) is 22.3 Å². The van der Waals surface area contributed by atoms with E-state index in [1.54, 1.807) is 6.20 Å². The van der Waals surface area contributed by atoms with E-state index in [9.17, 15) is 22.0 Å². The van der Waals surface area contributed by atoms with Gasteiger partial charge in [0.25, 0.3) is 16.1 Å². The first kappa shape index (κ1) is 24.9. The first-order valence-corrected chi connectivity index (χ1v) is 13.2. The largest absolute Gasteiger partial charge is 0.353 e. The van der Waals surface area contributed by atoms with E-state index in [4.69, 9.17) is 5.26 Å². The molecular weight excluding hydrogens is 494 g/mol. The molecule has 2 N–H and O–H groups in total. The minimum Gasteiger partial charge on any atom is -0.353 e. The second-order valence-corrected chi connectivity index (χ2v) is 11.9. The summed E-state index contributed by atoms with van der Waals surface area (Å²) in [6.07, 6.45) is 3.44. The van der Waals surface area contributed by atoms with E-state index >= 15 is 0 Å². The second kappa shape index (κ2) is 8.69.